The van der Waals surface area contributed by atoms with Gasteiger partial charge in [-0.2, -0.15) is 11.8 Å². The topological polar surface area (TPSA) is 60.8 Å². The molecule has 0 spiro atoms. The van der Waals surface area contributed by atoms with Crippen molar-refractivity contribution in [2.24, 2.45) is 0 Å². The lowest BCUT2D eigenvalue weighted by atomic mass is 10.0. The first-order valence-corrected chi connectivity index (χ1v) is 6.39. The molecule has 1 rings (SSSR count). The number of hydrogen-bond donors (Lipinski definition) is 2. The van der Waals surface area contributed by atoms with E-state index >= 15 is 0 Å². The number of carbonyl (C=O) groups is 1. The molecule has 1 fully saturated rings. The van der Waals surface area contributed by atoms with E-state index in [1.165, 1.54) is 0 Å². The van der Waals surface area contributed by atoms with Crippen LogP contribution in [0.3, 0.4) is 0 Å². The van der Waals surface area contributed by atoms with E-state index in [1.807, 2.05) is 11.8 Å². The number of aliphatic carboxylic acids is 1. The molecule has 0 aromatic carbocycles. The molecule has 0 amide bonds. The molecule has 0 saturated carbocycles. The molecule has 1 aliphatic rings. The highest BCUT2D eigenvalue weighted by Gasteiger charge is 2.32. The number of β-amino-alcohol motifs (C(OH)–C–C–N with tert-alkyl or cyclic N) is 1. The van der Waals surface area contributed by atoms with Crippen LogP contribution in [0.25, 0.3) is 0 Å². The Kier molecular flexibility index (Phi) is 4.43. The molecule has 88 valence electrons. The van der Waals surface area contributed by atoms with Crippen LogP contribution in [0.2, 0.25) is 0 Å². The molecule has 0 bridgehead atoms. The van der Waals surface area contributed by atoms with Gasteiger partial charge in [0.05, 0.1) is 5.60 Å². The number of carboxylic acids is 1. The zero-order valence-electron chi connectivity index (χ0n) is 9.27. The van der Waals surface area contributed by atoms with Crippen LogP contribution in [-0.4, -0.2) is 57.3 Å². The minimum Gasteiger partial charge on any atom is -0.480 e. The fraction of sp³-hybridized carbons (Fsp3) is 0.900. The van der Waals surface area contributed by atoms with Gasteiger partial charge in [0.2, 0.25) is 0 Å². The van der Waals surface area contributed by atoms with Gasteiger partial charge in [-0.05, 0) is 13.3 Å². The molecule has 2 atom stereocenters. The fourth-order valence-electron chi connectivity index (χ4n) is 1.60. The summed E-state index contributed by atoms with van der Waals surface area (Å²) in [5.74, 6) is 0.785. The minimum absolute atomic E-state index is 0.443. The fourth-order valence-corrected chi connectivity index (χ4v) is 2.71. The molecular formula is C10H19NO3S. The maximum atomic E-state index is 11.0. The number of nitrogens with zero attached hydrogens (tertiary/aromatic N) is 1. The third-order valence-electron chi connectivity index (χ3n) is 2.83. The molecule has 0 aliphatic carbocycles. The summed E-state index contributed by atoms with van der Waals surface area (Å²) in [6.45, 7) is 4.86. The van der Waals surface area contributed by atoms with Crippen LogP contribution < -0.4 is 0 Å². The lowest BCUT2D eigenvalue weighted by molar-refractivity contribution is -0.143. The summed E-state index contributed by atoms with van der Waals surface area (Å²) in [6.07, 6.45) is 0.642. The second-order valence-corrected chi connectivity index (χ2v) is 5.40. The zero-order valence-corrected chi connectivity index (χ0v) is 10.1. The summed E-state index contributed by atoms with van der Waals surface area (Å²) in [5, 5.41) is 19.0. The lowest BCUT2D eigenvalue weighted by Crippen LogP contribution is -2.52. The predicted octanol–water partition coefficient (Wildman–Crippen LogP) is 0.649. The summed E-state index contributed by atoms with van der Waals surface area (Å²) in [5.41, 5.74) is -0.782. The smallest absolute Gasteiger partial charge is 0.321 e. The van der Waals surface area contributed by atoms with Crippen LogP contribution in [0.15, 0.2) is 0 Å². The average molecular weight is 233 g/mol. The Morgan fingerprint density at radius 2 is 2.33 bits per heavy atom. The van der Waals surface area contributed by atoms with E-state index in [4.69, 9.17) is 5.11 Å². The molecule has 1 saturated heterocycles. The van der Waals surface area contributed by atoms with Gasteiger partial charge in [0, 0.05) is 24.6 Å². The van der Waals surface area contributed by atoms with Crippen molar-refractivity contribution >= 4 is 17.7 Å². The SMILES string of the molecule is CCC(C)(O)CN1CCSCC1C(=O)O. The van der Waals surface area contributed by atoms with E-state index in [0.29, 0.717) is 18.7 Å². The molecule has 15 heavy (non-hydrogen) atoms. The van der Waals surface area contributed by atoms with Crippen molar-refractivity contribution in [2.75, 3.05) is 24.6 Å². The molecule has 1 aliphatic heterocycles. The molecule has 2 unspecified atom stereocenters. The number of hydrogen-bond acceptors (Lipinski definition) is 4. The molecular weight excluding hydrogens is 214 g/mol. The van der Waals surface area contributed by atoms with E-state index in [9.17, 15) is 9.90 Å². The van der Waals surface area contributed by atoms with Gasteiger partial charge in [0.1, 0.15) is 6.04 Å². The van der Waals surface area contributed by atoms with Crippen LogP contribution in [0.1, 0.15) is 20.3 Å². The van der Waals surface area contributed by atoms with E-state index < -0.39 is 17.6 Å². The van der Waals surface area contributed by atoms with Crippen molar-refractivity contribution in [3.05, 3.63) is 0 Å². The normalized spacial score (nSPS) is 27.3. The van der Waals surface area contributed by atoms with Gasteiger partial charge in [0.15, 0.2) is 0 Å². The summed E-state index contributed by atoms with van der Waals surface area (Å²) < 4.78 is 0. The highest BCUT2D eigenvalue weighted by Crippen LogP contribution is 2.20. The lowest BCUT2D eigenvalue weighted by Gasteiger charge is -2.37. The summed E-state index contributed by atoms with van der Waals surface area (Å²) in [4.78, 5) is 12.9. The van der Waals surface area contributed by atoms with E-state index in [-0.39, 0.29) is 0 Å². The van der Waals surface area contributed by atoms with Crippen molar-refractivity contribution in [1.82, 2.24) is 4.90 Å². The highest BCUT2D eigenvalue weighted by molar-refractivity contribution is 7.99. The third-order valence-corrected chi connectivity index (χ3v) is 3.85. The van der Waals surface area contributed by atoms with Crippen molar-refractivity contribution < 1.29 is 15.0 Å². The van der Waals surface area contributed by atoms with Crippen molar-refractivity contribution in [3.8, 4) is 0 Å². The molecule has 1 heterocycles. The largest absolute Gasteiger partial charge is 0.480 e. The minimum atomic E-state index is -0.783. The Hall–Kier alpha value is -0.260. The average Bonchev–Trinajstić information content (AvgIpc) is 2.18. The van der Waals surface area contributed by atoms with Gasteiger partial charge < -0.3 is 10.2 Å². The van der Waals surface area contributed by atoms with Crippen molar-refractivity contribution in [2.45, 2.75) is 31.9 Å². The van der Waals surface area contributed by atoms with Crippen molar-refractivity contribution in [1.29, 1.82) is 0 Å². The van der Waals surface area contributed by atoms with Gasteiger partial charge >= 0.3 is 5.97 Å². The number of rotatable bonds is 4. The van der Waals surface area contributed by atoms with Gasteiger partial charge in [0.25, 0.3) is 0 Å². The first kappa shape index (κ1) is 12.8. The molecule has 2 N–H and O–H groups in total. The molecule has 0 radical (unpaired) electrons. The van der Waals surface area contributed by atoms with E-state index in [0.717, 1.165) is 12.3 Å². The monoisotopic (exact) mass is 233 g/mol. The van der Waals surface area contributed by atoms with Gasteiger partial charge in [-0.1, -0.05) is 6.92 Å². The van der Waals surface area contributed by atoms with Crippen LogP contribution in [0.5, 0.6) is 0 Å². The van der Waals surface area contributed by atoms with E-state index in [2.05, 4.69) is 0 Å². The van der Waals surface area contributed by atoms with Gasteiger partial charge in [-0.25, -0.2) is 0 Å². The third kappa shape index (κ3) is 3.66. The second-order valence-electron chi connectivity index (χ2n) is 4.25. The maximum Gasteiger partial charge on any atom is 0.321 e. The maximum absolute atomic E-state index is 11.0. The van der Waals surface area contributed by atoms with Crippen molar-refractivity contribution in [3.63, 3.8) is 0 Å². The molecule has 0 aromatic heterocycles. The summed E-state index contributed by atoms with van der Waals surface area (Å²) in [7, 11) is 0. The summed E-state index contributed by atoms with van der Waals surface area (Å²) in [6, 6.07) is -0.443. The van der Waals surface area contributed by atoms with Gasteiger partial charge in [-0.3, -0.25) is 9.69 Å². The van der Waals surface area contributed by atoms with Crippen LogP contribution in [0, 0.1) is 0 Å². The van der Waals surface area contributed by atoms with Crippen LogP contribution in [0.4, 0.5) is 0 Å². The number of aliphatic hydroxyl groups is 1. The first-order chi connectivity index (χ1) is 6.96. The van der Waals surface area contributed by atoms with Gasteiger partial charge in [-0.15, -0.1) is 0 Å². The molecule has 5 heteroatoms. The Bertz CT molecular complexity index is 233. The predicted molar refractivity (Wildman–Crippen MR) is 61.2 cm³/mol. The first-order valence-electron chi connectivity index (χ1n) is 5.23. The Labute approximate surface area is 94.7 Å². The number of thioether (sulfide) groups is 1. The second kappa shape index (κ2) is 5.18. The van der Waals surface area contributed by atoms with Crippen LogP contribution >= 0.6 is 11.8 Å². The Balaban J connectivity index is 2.61. The zero-order chi connectivity index (χ0) is 11.5. The summed E-state index contributed by atoms with van der Waals surface area (Å²) >= 11 is 1.66. The van der Waals surface area contributed by atoms with E-state index in [1.54, 1.807) is 18.7 Å². The quantitative estimate of drug-likeness (QED) is 0.746. The van der Waals surface area contributed by atoms with Crippen LogP contribution in [-0.2, 0) is 4.79 Å². The molecule has 0 aromatic rings. The standard InChI is InChI=1S/C10H19NO3S/c1-3-10(2,14)7-11-4-5-15-6-8(11)9(12)13/h8,14H,3-7H2,1-2H3,(H,12,13). The Morgan fingerprint density at radius 1 is 1.67 bits per heavy atom. The highest BCUT2D eigenvalue weighted by atomic mass is 32.2. The molecule has 4 nitrogen and oxygen atoms in total. The number of carboxylic acid groups (broad SMARTS) is 1. The Morgan fingerprint density at radius 3 is 2.87 bits per heavy atom.